The number of hydrogen-bond acceptors (Lipinski definition) is 6. The van der Waals surface area contributed by atoms with E-state index >= 15 is 0 Å². The quantitative estimate of drug-likeness (QED) is 0.500. The van der Waals surface area contributed by atoms with Crippen molar-refractivity contribution in [2.75, 3.05) is 14.1 Å². The first kappa shape index (κ1) is 14.0. The third kappa shape index (κ3) is 4.99. The first-order chi connectivity index (χ1) is 6.52. The summed E-state index contributed by atoms with van der Waals surface area (Å²) in [4.78, 5) is 22.1. The number of carbonyl (C=O) groups excluding carboxylic acids is 2. The highest BCUT2D eigenvalue weighted by molar-refractivity contribution is 8.77. The molecule has 0 saturated heterocycles. The van der Waals surface area contributed by atoms with E-state index in [-0.39, 0.29) is 22.3 Å². The van der Waals surface area contributed by atoms with Crippen molar-refractivity contribution in [3.05, 3.63) is 0 Å². The summed E-state index contributed by atoms with van der Waals surface area (Å²) >= 11 is 0. The van der Waals surface area contributed by atoms with E-state index in [1.54, 1.807) is 14.1 Å². The fourth-order valence-corrected chi connectivity index (χ4v) is 3.49. The van der Waals surface area contributed by atoms with Gasteiger partial charge in [0.15, 0.2) is 11.6 Å². The van der Waals surface area contributed by atoms with Crippen LogP contribution < -0.4 is 10.6 Å². The molecule has 0 heterocycles. The van der Waals surface area contributed by atoms with Crippen molar-refractivity contribution in [3.63, 3.8) is 0 Å². The van der Waals surface area contributed by atoms with Crippen LogP contribution in [0.5, 0.6) is 0 Å². The minimum atomic E-state index is -0.254. The van der Waals surface area contributed by atoms with Crippen molar-refractivity contribution in [1.82, 2.24) is 10.6 Å². The lowest BCUT2D eigenvalue weighted by molar-refractivity contribution is -0.117. The summed E-state index contributed by atoms with van der Waals surface area (Å²) in [5, 5.41) is 5.24. The van der Waals surface area contributed by atoms with Crippen molar-refractivity contribution in [2.45, 2.75) is 24.6 Å². The Morgan fingerprint density at radius 3 is 1.36 bits per heavy atom. The Hall–Kier alpha value is -0.0400. The molecular weight excluding hydrogens is 220 g/mol. The highest BCUT2D eigenvalue weighted by atomic mass is 33.1. The average molecular weight is 236 g/mol. The zero-order chi connectivity index (χ0) is 11.1. The van der Waals surface area contributed by atoms with Crippen LogP contribution in [-0.4, -0.2) is 36.4 Å². The van der Waals surface area contributed by atoms with E-state index in [0.29, 0.717) is 0 Å². The van der Waals surface area contributed by atoms with E-state index in [1.165, 1.54) is 35.4 Å². The van der Waals surface area contributed by atoms with Gasteiger partial charge in [0.1, 0.15) is 10.7 Å². The smallest absolute Gasteiger partial charge is 0.157 e. The van der Waals surface area contributed by atoms with E-state index in [4.69, 9.17) is 0 Å². The summed E-state index contributed by atoms with van der Waals surface area (Å²) in [6, 6.07) is 0. The van der Waals surface area contributed by atoms with Crippen LogP contribution in [0.2, 0.25) is 0 Å². The van der Waals surface area contributed by atoms with Crippen LogP contribution in [0, 0.1) is 0 Å². The van der Waals surface area contributed by atoms with E-state index < -0.39 is 0 Å². The molecule has 0 aliphatic rings. The van der Waals surface area contributed by atoms with Crippen LogP contribution in [0.3, 0.4) is 0 Å². The minimum absolute atomic E-state index is 0.0587. The Bertz CT molecular complexity index is 190. The average Bonchev–Trinajstić information content (AvgIpc) is 2.11. The van der Waals surface area contributed by atoms with Gasteiger partial charge in [-0.25, -0.2) is 0 Å². The van der Waals surface area contributed by atoms with E-state index in [9.17, 15) is 9.59 Å². The van der Waals surface area contributed by atoms with Crippen molar-refractivity contribution in [1.29, 1.82) is 0 Å². The Morgan fingerprint density at radius 2 is 1.21 bits per heavy atom. The van der Waals surface area contributed by atoms with Crippen molar-refractivity contribution in [2.24, 2.45) is 0 Å². The van der Waals surface area contributed by atoms with Gasteiger partial charge in [0.2, 0.25) is 0 Å². The molecule has 2 unspecified atom stereocenters. The van der Waals surface area contributed by atoms with Crippen molar-refractivity contribution < 1.29 is 9.59 Å². The first-order valence-electron chi connectivity index (χ1n) is 4.20. The summed E-state index contributed by atoms with van der Waals surface area (Å²) in [5.74, 6) is 0.117. The molecule has 0 aromatic rings. The lowest BCUT2D eigenvalue weighted by Gasteiger charge is -2.15. The highest BCUT2D eigenvalue weighted by Crippen LogP contribution is 2.29. The Morgan fingerprint density at radius 1 is 0.929 bits per heavy atom. The van der Waals surface area contributed by atoms with E-state index in [0.717, 1.165) is 0 Å². The van der Waals surface area contributed by atoms with Crippen LogP contribution in [0.1, 0.15) is 13.8 Å². The van der Waals surface area contributed by atoms with Gasteiger partial charge in [-0.2, -0.15) is 0 Å². The Kier molecular flexibility index (Phi) is 7.26. The SMILES string of the molecule is CNC(SSC(NC)C(C)=O)C(C)=O. The predicted octanol–water partition coefficient (Wildman–Crippen LogP) is 0.637. The largest absolute Gasteiger partial charge is 0.302 e. The fraction of sp³-hybridized carbons (Fsp3) is 0.750. The summed E-state index contributed by atoms with van der Waals surface area (Å²) < 4.78 is 0. The van der Waals surface area contributed by atoms with Crippen molar-refractivity contribution in [3.8, 4) is 0 Å². The van der Waals surface area contributed by atoms with Gasteiger partial charge in [-0.3, -0.25) is 9.59 Å². The van der Waals surface area contributed by atoms with E-state index in [1.807, 2.05) is 0 Å². The predicted molar refractivity (Wildman–Crippen MR) is 62.2 cm³/mol. The molecule has 0 rings (SSSR count). The second-order valence-electron chi connectivity index (χ2n) is 2.75. The molecule has 0 aliphatic heterocycles. The summed E-state index contributed by atoms with van der Waals surface area (Å²) in [6.07, 6.45) is 0. The molecule has 82 valence electrons. The molecule has 0 aliphatic carbocycles. The molecule has 0 amide bonds. The minimum Gasteiger partial charge on any atom is -0.302 e. The molecule has 0 radical (unpaired) electrons. The number of ketones is 2. The zero-order valence-corrected chi connectivity index (χ0v) is 10.4. The molecule has 2 atom stereocenters. The number of nitrogens with one attached hydrogen (secondary N) is 2. The second-order valence-corrected chi connectivity index (χ2v) is 5.23. The maximum atomic E-state index is 11.0. The van der Waals surface area contributed by atoms with Gasteiger partial charge in [0.05, 0.1) is 0 Å². The lowest BCUT2D eigenvalue weighted by atomic mass is 10.4. The lowest BCUT2D eigenvalue weighted by Crippen LogP contribution is -2.31. The molecule has 4 nitrogen and oxygen atoms in total. The number of likely N-dealkylation sites (N-methyl/N-ethyl adjacent to an activating group) is 2. The molecule has 0 saturated carbocycles. The number of carbonyl (C=O) groups is 2. The van der Waals surface area contributed by atoms with Crippen LogP contribution in [0.15, 0.2) is 0 Å². The van der Waals surface area contributed by atoms with Crippen molar-refractivity contribution >= 4 is 33.2 Å². The van der Waals surface area contributed by atoms with Gasteiger partial charge in [0, 0.05) is 0 Å². The molecule has 0 aromatic carbocycles. The molecule has 0 spiro atoms. The van der Waals surface area contributed by atoms with Gasteiger partial charge in [-0.15, -0.1) is 0 Å². The van der Waals surface area contributed by atoms with Crippen LogP contribution in [-0.2, 0) is 9.59 Å². The number of rotatable bonds is 7. The monoisotopic (exact) mass is 236 g/mol. The molecule has 0 bridgehead atoms. The number of Topliss-reactive ketones (excluding diaryl/α,β-unsaturated/α-hetero) is 2. The summed E-state index contributed by atoms with van der Waals surface area (Å²) in [6.45, 7) is 3.05. The standard InChI is InChI=1S/C8H16N2O2S2/c1-5(11)7(9-3)13-14-8(10-4)6(2)12/h7-10H,1-4H3. The Balaban J connectivity index is 4.00. The van der Waals surface area contributed by atoms with Crippen LogP contribution >= 0.6 is 21.6 Å². The maximum absolute atomic E-state index is 11.0. The molecule has 2 N–H and O–H groups in total. The van der Waals surface area contributed by atoms with Crippen LogP contribution in [0.4, 0.5) is 0 Å². The maximum Gasteiger partial charge on any atom is 0.157 e. The number of hydrogen-bond donors (Lipinski definition) is 2. The summed E-state index contributed by atoms with van der Waals surface area (Å²) in [5.41, 5.74) is 0. The van der Waals surface area contributed by atoms with Gasteiger partial charge in [0.25, 0.3) is 0 Å². The molecular formula is C8H16N2O2S2. The van der Waals surface area contributed by atoms with Crippen LogP contribution in [0.25, 0.3) is 0 Å². The first-order valence-corrected chi connectivity index (χ1v) is 6.48. The van der Waals surface area contributed by atoms with Gasteiger partial charge in [-0.05, 0) is 27.9 Å². The van der Waals surface area contributed by atoms with E-state index in [2.05, 4.69) is 10.6 Å². The molecule has 14 heavy (non-hydrogen) atoms. The Labute approximate surface area is 92.4 Å². The highest BCUT2D eigenvalue weighted by Gasteiger charge is 2.18. The third-order valence-corrected chi connectivity index (χ3v) is 4.63. The second kappa shape index (κ2) is 7.28. The van der Waals surface area contributed by atoms with Gasteiger partial charge >= 0.3 is 0 Å². The van der Waals surface area contributed by atoms with Gasteiger partial charge in [-0.1, -0.05) is 21.6 Å². The normalized spacial score (nSPS) is 14.9. The molecule has 0 fully saturated rings. The molecule has 6 heteroatoms. The summed E-state index contributed by atoms with van der Waals surface area (Å²) in [7, 11) is 6.17. The third-order valence-electron chi connectivity index (χ3n) is 1.51. The van der Waals surface area contributed by atoms with Gasteiger partial charge < -0.3 is 10.6 Å². The fourth-order valence-electron chi connectivity index (χ4n) is 0.749. The topological polar surface area (TPSA) is 58.2 Å². The zero-order valence-electron chi connectivity index (χ0n) is 8.79. The molecule has 0 aromatic heterocycles.